The third-order valence-corrected chi connectivity index (χ3v) is 3.32. The summed E-state index contributed by atoms with van der Waals surface area (Å²) in [7, 11) is 0. The number of carboxylic acids is 4. The molecule has 9 nitrogen and oxygen atoms in total. The number of carbonyl (C=O) groups is 4. The van der Waals surface area contributed by atoms with Crippen molar-refractivity contribution in [1.29, 1.82) is 0 Å². The number of benzene rings is 2. The second kappa shape index (κ2) is 7.07. The molecule has 2 rings (SSSR count). The molecule has 4 N–H and O–H groups in total. The molecule has 0 spiro atoms. The predicted octanol–water partition coefficient (Wildman–Crippen LogP) is 2.55. The fourth-order valence-corrected chi connectivity index (χ4v) is 2.16. The normalized spacial score (nSPS) is 10.3. The van der Waals surface area contributed by atoms with E-state index in [2.05, 4.69) is 0 Å². The van der Waals surface area contributed by atoms with E-state index < -0.39 is 69.3 Å². The summed E-state index contributed by atoms with van der Waals surface area (Å²) in [5.74, 6) is -12.4. The highest BCUT2D eigenvalue weighted by atomic mass is 19.1. The molecule has 0 radical (unpaired) electrons. The van der Waals surface area contributed by atoms with Gasteiger partial charge >= 0.3 is 23.9 Å². The summed E-state index contributed by atoms with van der Waals surface area (Å²) in [4.78, 5) is 44.2. The van der Waals surface area contributed by atoms with Crippen molar-refractivity contribution in [2.45, 2.75) is 0 Å². The minimum atomic E-state index is -1.93. The lowest BCUT2D eigenvalue weighted by atomic mass is 10.1. The molecule has 0 aliphatic heterocycles. The Morgan fingerprint density at radius 2 is 0.963 bits per heavy atom. The van der Waals surface area contributed by atoms with Gasteiger partial charge in [-0.3, -0.25) is 0 Å². The van der Waals surface area contributed by atoms with Crippen LogP contribution in [-0.2, 0) is 0 Å². The predicted molar refractivity (Wildman–Crippen MR) is 80.7 cm³/mol. The highest BCUT2D eigenvalue weighted by Crippen LogP contribution is 2.32. The fourth-order valence-electron chi connectivity index (χ4n) is 2.16. The van der Waals surface area contributed by atoms with Gasteiger partial charge < -0.3 is 25.2 Å². The molecule has 0 amide bonds. The van der Waals surface area contributed by atoms with Gasteiger partial charge in [-0.1, -0.05) is 0 Å². The first kappa shape index (κ1) is 19.3. The summed E-state index contributed by atoms with van der Waals surface area (Å²) >= 11 is 0. The lowest BCUT2D eigenvalue weighted by Gasteiger charge is -2.12. The Balaban J connectivity index is 2.62. The number of rotatable bonds is 6. The molecule has 2 aromatic carbocycles. The number of ether oxygens (including phenoxy) is 1. The number of aromatic carboxylic acids is 4. The fraction of sp³-hybridized carbons (Fsp3) is 0. The first-order chi connectivity index (χ1) is 12.6. The van der Waals surface area contributed by atoms with E-state index in [1.807, 2.05) is 0 Å². The second-order valence-electron chi connectivity index (χ2n) is 4.92. The van der Waals surface area contributed by atoms with Crippen molar-refractivity contribution in [2.75, 3.05) is 0 Å². The van der Waals surface area contributed by atoms with Gasteiger partial charge in [0.15, 0.2) is 23.1 Å². The van der Waals surface area contributed by atoms with Crippen LogP contribution in [0.5, 0.6) is 11.5 Å². The van der Waals surface area contributed by atoms with Crippen molar-refractivity contribution in [2.24, 2.45) is 0 Å². The molecule has 2 aromatic rings. The van der Waals surface area contributed by atoms with Crippen molar-refractivity contribution in [3.05, 3.63) is 58.2 Å². The maximum Gasteiger partial charge on any atom is 0.339 e. The number of carboxylic acid groups (broad SMARTS) is 4. The Bertz CT molecular complexity index is 918. The molecule has 0 saturated carbocycles. The molecule has 0 aliphatic rings. The minimum Gasteiger partial charge on any atom is -0.478 e. The van der Waals surface area contributed by atoms with Crippen LogP contribution >= 0.6 is 0 Å². The molecule has 0 unspecified atom stereocenters. The van der Waals surface area contributed by atoms with E-state index in [9.17, 15) is 28.0 Å². The molecule has 0 heterocycles. The van der Waals surface area contributed by atoms with Crippen LogP contribution in [0, 0.1) is 11.6 Å². The van der Waals surface area contributed by atoms with Crippen molar-refractivity contribution < 1.29 is 53.1 Å². The maximum atomic E-state index is 14.3. The van der Waals surface area contributed by atoms with Crippen LogP contribution in [0.3, 0.4) is 0 Å². The van der Waals surface area contributed by atoms with Gasteiger partial charge in [-0.05, 0) is 24.3 Å². The lowest BCUT2D eigenvalue weighted by molar-refractivity contribution is 0.0645. The zero-order valence-electron chi connectivity index (χ0n) is 12.9. The van der Waals surface area contributed by atoms with Crippen LogP contribution in [0.25, 0.3) is 0 Å². The molecular weight excluding hydrogens is 374 g/mol. The average molecular weight is 382 g/mol. The van der Waals surface area contributed by atoms with Gasteiger partial charge in [0, 0.05) is 0 Å². The molecule has 0 atom stereocenters. The van der Waals surface area contributed by atoms with E-state index in [4.69, 9.17) is 25.2 Å². The van der Waals surface area contributed by atoms with E-state index in [0.29, 0.717) is 24.3 Å². The molecule has 11 heteroatoms. The van der Waals surface area contributed by atoms with Gasteiger partial charge in [0.1, 0.15) is 11.1 Å². The summed E-state index contributed by atoms with van der Waals surface area (Å²) < 4.78 is 33.5. The number of halogens is 2. The Morgan fingerprint density at radius 1 is 0.630 bits per heavy atom. The topological polar surface area (TPSA) is 158 Å². The van der Waals surface area contributed by atoms with Gasteiger partial charge in [-0.15, -0.1) is 0 Å². The molecule has 140 valence electrons. The third kappa shape index (κ3) is 3.51. The van der Waals surface area contributed by atoms with Gasteiger partial charge in [-0.2, -0.15) is 0 Å². The number of hydrogen-bond donors (Lipinski definition) is 4. The van der Waals surface area contributed by atoms with Crippen LogP contribution in [0.1, 0.15) is 41.4 Å². The number of hydrogen-bond acceptors (Lipinski definition) is 5. The molecule has 0 aromatic heterocycles. The largest absolute Gasteiger partial charge is 0.478 e. The maximum absolute atomic E-state index is 14.3. The van der Waals surface area contributed by atoms with Crippen LogP contribution in [0.15, 0.2) is 24.3 Å². The monoisotopic (exact) mass is 382 g/mol. The van der Waals surface area contributed by atoms with E-state index in [-0.39, 0.29) is 0 Å². The second-order valence-corrected chi connectivity index (χ2v) is 4.92. The quantitative estimate of drug-likeness (QED) is 0.589. The highest BCUT2D eigenvalue weighted by molar-refractivity contribution is 6.03. The van der Waals surface area contributed by atoms with Crippen molar-refractivity contribution in [3.8, 4) is 11.5 Å². The first-order valence-corrected chi connectivity index (χ1v) is 6.82. The molecule has 0 fully saturated rings. The Hall–Kier alpha value is -4.02. The van der Waals surface area contributed by atoms with Crippen LogP contribution in [0.2, 0.25) is 0 Å². The zero-order valence-corrected chi connectivity index (χ0v) is 12.9. The third-order valence-electron chi connectivity index (χ3n) is 3.32. The van der Waals surface area contributed by atoms with E-state index in [1.165, 1.54) is 0 Å². The van der Waals surface area contributed by atoms with E-state index in [0.717, 1.165) is 0 Å². The van der Waals surface area contributed by atoms with Gasteiger partial charge in [0.05, 0.1) is 11.1 Å². The SMILES string of the molecule is O=C(O)c1ccc(Oc2ccc(C(=O)O)c(C(=O)O)c2F)c(F)c1C(=O)O. The molecule has 0 saturated heterocycles. The Morgan fingerprint density at radius 3 is 1.22 bits per heavy atom. The van der Waals surface area contributed by atoms with E-state index >= 15 is 0 Å². The summed E-state index contributed by atoms with van der Waals surface area (Å²) in [6.07, 6.45) is 0. The smallest absolute Gasteiger partial charge is 0.339 e. The standard InChI is InChI=1S/C16H8F2O9/c17-11-7(3-1-5(13(19)20)9(11)15(23)24)27-8-4-2-6(14(21)22)10(12(8)18)16(25)26/h1-4H,(H,19,20)(H,21,22)(H,23,24)(H,25,26). The first-order valence-electron chi connectivity index (χ1n) is 6.82. The van der Waals surface area contributed by atoms with E-state index in [1.54, 1.807) is 0 Å². The molecule has 0 bridgehead atoms. The van der Waals surface area contributed by atoms with Crippen molar-refractivity contribution in [1.82, 2.24) is 0 Å². The van der Waals surface area contributed by atoms with Crippen molar-refractivity contribution >= 4 is 23.9 Å². The van der Waals surface area contributed by atoms with Crippen LogP contribution in [0.4, 0.5) is 8.78 Å². The summed E-state index contributed by atoms with van der Waals surface area (Å²) in [6.45, 7) is 0. The zero-order chi connectivity index (χ0) is 20.5. The highest BCUT2D eigenvalue weighted by Gasteiger charge is 2.27. The van der Waals surface area contributed by atoms with Crippen LogP contribution in [-0.4, -0.2) is 44.3 Å². The van der Waals surface area contributed by atoms with Crippen molar-refractivity contribution in [3.63, 3.8) is 0 Å². The minimum absolute atomic E-state index is 0.700. The molecule has 0 aliphatic carbocycles. The summed E-state index contributed by atoms with van der Waals surface area (Å²) in [5, 5.41) is 35.7. The van der Waals surface area contributed by atoms with Crippen LogP contribution < -0.4 is 4.74 Å². The molecule has 27 heavy (non-hydrogen) atoms. The lowest BCUT2D eigenvalue weighted by Crippen LogP contribution is -2.13. The Labute approximate surface area is 147 Å². The van der Waals surface area contributed by atoms with Gasteiger partial charge in [0.25, 0.3) is 0 Å². The van der Waals surface area contributed by atoms with Gasteiger partial charge in [-0.25, -0.2) is 28.0 Å². The average Bonchev–Trinajstić information content (AvgIpc) is 2.56. The summed E-state index contributed by atoms with van der Waals surface area (Å²) in [6, 6.07) is 2.81. The molecular formula is C16H8F2O9. The van der Waals surface area contributed by atoms with Gasteiger partial charge in [0.2, 0.25) is 0 Å². The summed E-state index contributed by atoms with van der Waals surface area (Å²) in [5.41, 5.74) is -4.28. The Kier molecular flexibility index (Phi) is 5.06.